The first-order chi connectivity index (χ1) is 16.1. The van der Waals surface area contributed by atoms with Crippen molar-refractivity contribution in [2.24, 2.45) is 0 Å². The maximum Gasteiger partial charge on any atom is 0.264 e. The summed E-state index contributed by atoms with van der Waals surface area (Å²) >= 11 is 1.46. The van der Waals surface area contributed by atoms with E-state index in [1.807, 2.05) is 36.6 Å². The zero-order valence-electron chi connectivity index (χ0n) is 18.7. The Morgan fingerprint density at radius 2 is 1.79 bits per heavy atom. The smallest absolute Gasteiger partial charge is 0.264 e. The first-order valence-electron chi connectivity index (χ1n) is 11.1. The van der Waals surface area contributed by atoms with Crippen molar-refractivity contribution in [3.8, 4) is 5.75 Å². The van der Waals surface area contributed by atoms with E-state index in [0.29, 0.717) is 11.1 Å². The SMILES string of the molecule is COc1ccc(CN2CCN(c3cccc4c3C(=O)N([C@H](C)c3nccs3)C4=O)CC2)cc1. The summed E-state index contributed by atoms with van der Waals surface area (Å²) < 4.78 is 5.24. The van der Waals surface area contributed by atoms with Crippen LogP contribution in [0.15, 0.2) is 54.0 Å². The Morgan fingerprint density at radius 1 is 1.03 bits per heavy atom. The molecule has 8 heteroatoms. The summed E-state index contributed by atoms with van der Waals surface area (Å²) in [5, 5.41) is 2.62. The van der Waals surface area contributed by atoms with Crippen molar-refractivity contribution in [1.29, 1.82) is 0 Å². The molecular formula is C25H26N4O3S. The topological polar surface area (TPSA) is 66.0 Å². The van der Waals surface area contributed by atoms with Gasteiger partial charge in [0.1, 0.15) is 10.8 Å². The number of fused-ring (bicyclic) bond motifs is 1. The lowest BCUT2D eigenvalue weighted by atomic mass is 10.1. The molecular weight excluding hydrogens is 436 g/mol. The summed E-state index contributed by atoms with van der Waals surface area (Å²) in [4.78, 5) is 36.8. The van der Waals surface area contributed by atoms with Crippen molar-refractivity contribution < 1.29 is 14.3 Å². The van der Waals surface area contributed by atoms with Gasteiger partial charge in [-0.05, 0) is 36.8 Å². The molecule has 0 unspecified atom stereocenters. The fraction of sp³-hybridized carbons (Fsp3) is 0.320. The van der Waals surface area contributed by atoms with Crippen LogP contribution in [0, 0.1) is 0 Å². The number of carbonyl (C=O) groups excluding carboxylic acids is 2. The lowest BCUT2D eigenvalue weighted by Gasteiger charge is -2.36. The van der Waals surface area contributed by atoms with Crippen LogP contribution in [0.4, 0.5) is 5.69 Å². The highest BCUT2D eigenvalue weighted by molar-refractivity contribution is 7.09. The Kier molecular flexibility index (Phi) is 5.86. The molecule has 3 heterocycles. The Balaban J connectivity index is 1.30. The first kappa shape index (κ1) is 21.6. The van der Waals surface area contributed by atoms with Crippen molar-refractivity contribution >= 4 is 28.8 Å². The van der Waals surface area contributed by atoms with Gasteiger partial charge >= 0.3 is 0 Å². The molecule has 1 fully saturated rings. The molecule has 0 spiro atoms. The molecule has 7 nitrogen and oxygen atoms in total. The second-order valence-corrected chi connectivity index (χ2v) is 9.26. The predicted molar refractivity (Wildman–Crippen MR) is 128 cm³/mol. The van der Waals surface area contributed by atoms with Crippen LogP contribution in [-0.4, -0.2) is 59.9 Å². The number of aromatic nitrogens is 1. The molecule has 0 bridgehead atoms. The summed E-state index contributed by atoms with van der Waals surface area (Å²) in [6.07, 6.45) is 1.70. The summed E-state index contributed by atoms with van der Waals surface area (Å²) in [5.41, 5.74) is 3.11. The molecule has 1 saturated heterocycles. The fourth-order valence-electron chi connectivity index (χ4n) is 4.59. The van der Waals surface area contributed by atoms with Gasteiger partial charge in [-0.3, -0.25) is 19.4 Å². The van der Waals surface area contributed by atoms with Gasteiger partial charge in [0.2, 0.25) is 0 Å². The minimum absolute atomic E-state index is 0.228. The van der Waals surface area contributed by atoms with Gasteiger partial charge in [-0.1, -0.05) is 18.2 Å². The molecule has 0 aliphatic carbocycles. The van der Waals surface area contributed by atoms with Crippen LogP contribution < -0.4 is 9.64 Å². The molecule has 33 heavy (non-hydrogen) atoms. The molecule has 1 atom stereocenters. The normalized spacial score (nSPS) is 17.4. The van der Waals surface area contributed by atoms with Gasteiger partial charge in [0.05, 0.1) is 30.0 Å². The maximum atomic E-state index is 13.4. The van der Waals surface area contributed by atoms with Crippen molar-refractivity contribution in [3.05, 3.63) is 75.7 Å². The highest BCUT2D eigenvalue weighted by Gasteiger charge is 2.42. The number of ether oxygens (including phenoxy) is 1. The van der Waals surface area contributed by atoms with Gasteiger partial charge in [0, 0.05) is 44.3 Å². The number of thiazole rings is 1. The zero-order valence-corrected chi connectivity index (χ0v) is 19.5. The van der Waals surface area contributed by atoms with Gasteiger partial charge in [-0.25, -0.2) is 4.98 Å². The third-order valence-corrected chi connectivity index (χ3v) is 7.34. The quantitative estimate of drug-likeness (QED) is 0.519. The Hall–Kier alpha value is -3.23. The second kappa shape index (κ2) is 8.96. The number of methoxy groups -OCH3 is 1. The van der Waals surface area contributed by atoms with Crippen LogP contribution >= 0.6 is 11.3 Å². The summed E-state index contributed by atoms with van der Waals surface area (Å²) in [6, 6.07) is 13.4. The van der Waals surface area contributed by atoms with Crippen LogP contribution in [0.2, 0.25) is 0 Å². The fourth-order valence-corrected chi connectivity index (χ4v) is 5.27. The number of rotatable bonds is 6. The number of imide groups is 1. The molecule has 2 aliphatic heterocycles. The van der Waals surface area contributed by atoms with E-state index >= 15 is 0 Å². The van der Waals surface area contributed by atoms with Crippen LogP contribution in [0.1, 0.15) is 44.3 Å². The van der Waals surface area contributed by atoms with Crippen LogP contribution in [0.25, 0.3) is 0 Å². The summed E-state index contributed by atoms with van der Waals surface area (Å²) in [7, 11) is 1.67. The molecule has 0 N–H and O–H groups in total. The largest absolute Gasteiger partial charge is 0.497 e. The highest BCUT2D eigenvalue weighted by Crippen LogP contribution is 2.37. The molecule has 0 saturated carbocycles. The number of anilines is 1. The van der Waals surface area contributed by atoms with E-state index in [-0.39, 0.29) is 17.9 Å². The molecule has 170 valence electrons. The van der Waals surface area contributed by atoms with Crippen molar-refractivity contribution in [3.63, 3.8) is 0 Å². The third-order valence-electron chi connectivity index (χ3n) is 6.40. The maximum absolute atomic E-state index is 13.4. The third kappa shape index (κ3) is 4.00. The highest BCUT2D eigenvalue weighted by atomic mass is 32.1. The van der Waals surface area contributed by atoms with Crippen molar-refractivity contribution in [2.75, 3.05) is 38.2 Å². The van der Waals surface area contributed by atoms with E-state index in [1.54, 1.807) is 19.4 Å². The first-order valence-corrected chi connectivity index (χ1v) is 12.0. The van der Waals surface area contributed by atoms with Gasteiger partial charge in [-0.2, -0.15) is 0 Å². The minimum atomic E-state index is -0.383. The van der Waals surface area contributed by atoms with E-state index in [9.17, 15) is 9.59 Å². The Labute approximate surface area is 197 Å². The van der Waals surface area contributed by atoms with Gasteiger partial charge in [-0.15, -0.1) is 11.3 Å². The average molecular weight is 463 g/mol. The lowest BCUT2D eigenvalue weighted by molar-refractivity contribution is 0.0595. The molecule has 2 aliphatic rings. The Bertz CT molecular complexity index is 1150. The number of carbonyl (C=O) groups is 2. The molecule has 2 aromatic carbocycles. The number of hydrogen-bond donors (Lipinski definition) is 0. The molecule has 5 rings (SSSR count). The average Bonchev–Trinajstić information content (AvgIpc) is 3.47. The number of benzene rings is 2. The van der Waals surface area contributed by atoms with E-state index in [1.165, 1.54) is 21.8 Å². The van der Waals surface area contributed by atoms with E-state index in [2.05, 4.69) is 26.9 Å². The molecule has 2 amide bonds. The second-order valence-electron chi connectivity index (χ2n) is 8.34. The molecule has 0 radical (unpaired) electrons. The summed E-state index contributed by atoms with van der Waals surface area (Å²) in [6.45, 7) is 6.11. The summed E-state index contributed by atoms with van der Waals surface area (Å²) in [5.74, 6) is 0.394. The van der Waals surface area contributed by atoms with Gasteiger partial charge < -0.3 is 9.64 Å². The number of hydrogen-bond acceptors (Lipinski definition) is 7. The predicted octanol–water partition coefficient (Wildman–Crippen LogP) is 3.83. The van der Waals surface area contributed by atoms with Crippen molar-refractivity contribution in [1.82, 2.24) is 14.8 Å². The van der Waals surface area contributed by atoms with E-state index < -0.39 is 0 Å². The standard InChI is InChI=1S/C25H26N4O3S/c1-17(23-26-10-15-33-23)29-24(30)20-4-3-5-21(22(20)25(29)31)28-13-11-27(12-14-28)16-18-6-8-19(32-2)9-7-18/h3-10,15,17H,11-14,16H2,1-2H3/t17-/m1/s1. The zero-order chi connectivity index (χ0) is 22.9. The van der Waals surface area contributed by atoms with E-state index in [0.717, 1.165) is 49.2 Å². The van der Waals surface area contributed by atoms with Crippen molar-refractivity contribution in [2.45, 2.75) is 19.5 Å². The van der Waals surface area contributed by atoms with Crippen LogP contribution in [-0.2, 0) is 6.54 Å². The van der Waals surface area contributed by atoms with Gasteiger partial charge in [0.15, 0.2) is 0 Å². The number of piperazine rings is 1. The number of amides is 2. The van der Waals surface area contributed by atoms with Crippen LogP contribution in [0.5, 0.6) is 5.75 Å². The monoisotopic (exact) mass is 462 g/mol. The lowest BCUT2D eigenvalue weighted by Crippen LogP contribution is -2.46. The molecule has 1 aromatic heterocycles. The van der Waals surface area contributed by atoms with E-state index in [4.69, 9.17) is 4.74 Å². The number of nitrogens with zero attached hydrogens (tertiary/aromatic N) is 4. The Morgan fingerprint density at radius 3 is 2.45 bits per heavy atom. The van der Waals surface area contributed by atoms with Crippen LogP contribution in [0.3, 0.4) is 0 Å². The minimum Gasteiger partial charge on any atom is -0.497 e. The molecule has 3 aromatic rings. The van der Waals surface area contributed by atoms with Gasteiger partial charge in [0.25, 0.3) is 11.8 Å².